The van der Waals surface area contributed by atoms with Crippen LogP contribution in [0, 0.1) is 0 Å². The first kappa shape index (κ1) is 38.8. The molecule has 3 rings (SSSR count). The van der Waals surface area contributed by atoms with Crippen LogP contribution >= 0.6 is 12.6 Å². The summed E-state index contributed by atoms with van der Waals surface area (Å²) >= 11 is 3.70. The second-order valence-corrected chi connectivity index (χ2v) is 12.5. The van der Waals surface area contributed by atoms with E-state index in [4.69, 9.17) is 15.4 Å². The van der Waals surface area contributed by atoms with Crippen molar-refractivity contribution in [2.45, 2.75) is 44.8 Å². The first-order chi connectivity index (χ1) is 23.5. The van der Waals surface area contributed by atoms with Gasteiger partial charge in [0.25, 0.3) is 21.6 Å². The summed E-state index contributed by atoms with van der Waals surface area (Å²) in [6.07, 6.45) is 0.659. The Hall–Kier alpha value is -5.61. The molecular weight excluding hydrogens is 701 g/mol. The van der Waals surface area contributed by atoms with E-state index in [-0.39, 0.29) is 36.5 Å². The Kier molecular flexibility index (Phi) is 13.7. The molecule has 1 aromatic carbocycles. The summed E-state index contributed by atoms with van der Waals surface area (Å²) in [7, 11) is -4.37. The van der Waals surface area contributed by atoms with Gasteiger partial charge in [-0.3, -0.25) is 33.5 Å². The maximum absolute atomic E-state index is 12.8. The number of hydrogen-bond acceptors (Lipinski definition) is 14. The lowest BCUT2D eigenvalue weighted by atomic mass is 10.1. The molecule has 22 heteroatoms. The smallest absolute Gasteiger partial charge is 0.352 e. The van der Waals surface area contributed by atoms with E-state index in [9.17, 15) is 37.2 Å². The molecule has 0 fully saturated rings. The monoisotopic (exact) mass is 734 g/mol. The molecule has 0 saturated heterocycles. The van der Waals surface area contributed by atoms with Gasteiger partial charge in [0, 0.05) is 30.3 Å². The van der Waals surface area contributed by atoms with E-state index in [1.807, 2.05) is 5.32 Å². The van der Waals surface area contributed by atoms with Gasteiger partial charge in [0.05, 0.1) is 30.6 Å². The number of aromatic amines is 1. The summed E-state index contributed by atoms with van der Waals surface area (Å²) in [5, 5.41) is 22.3. The molecule has 0 saturated carbocycles. The van der Waals surface area contributed by atoms with Crippen molar-refractivity contribution in [3.63, 3.8) is 0 Å². The van der Waals surface area contributed by atoms with Crippen LogP contribution in [0.15, 0.2) is 46.4 Å². The van der Waals surface area contributed by atoms with Gasteiger partial charge in [-0.25, -0.2) is 14.8 Å². The standard InChI is InChI=1S/C28H34N10O10S2/c1-14(2-7-20(39)35-18(25(42)36-19(13-49)27(44)45)10-21(40)30-8-9-50(46,47)48)33-24(41)15-3-5-16(6-4-15)31-11-17-12-32-23-22(34-17)26(43)38-28(29)37-23/h3-6,12-14,18,31,49H,2,7-11H2,1H3,(H,30,40)(H,33,41)(H,35,39)(H,36,42)(H,44,45)(H,46,47,48)(H3,29,32,37,38,43)/b19-13+/t14-,18+/m1/s1. The Morgan fingerprint density at radius 2 is 1.78 bits per heavy atom. The van der Waals surface area contributed by atoms with Gasteiger partial charge in [-0.2, -0.15) is 13.4 Å². The Balaban J connectivity index is 1.51. The molecule has 2 aromatic heterocycles. The molecule has 0 unspecified atom stereocenters. The zero-order valence-electron chi connectivity index (χ0n) is 26.3. The van der Waals surface area contributed by atoms with Crippen molar-refractivity contribution in [2.75, 3.05) is 23.3 Å². The minimum absolute atomic E-state index is 0.0392. The lowest BCUT2D eigenvalue weighted by molar-refractivity contribution is -0.135. The van der Waals surface area contributed by atoms with Gasteiger partial charge in [-0.05, 0) is 43.0 Å². The summed E-state index contributed by atoms with van der Waals surface area (Å²) in [5.74, 6) is -5.48. The number of nitrogens with two attached hydrogens (primary N) is 1. The number of nitrogens with zero attached hydrogens (tertiary/aromatic N) is 3. The molecule has 3 aromatic rings. The topological polar surface area (TPSA) is 318 Å². The van der Waals surface area contributed by atoms with Crippen LogP contribution in [0.1, 0.15) is 42.2 Å². The molecule has 0 aliphatic carbocycles. The number of carbonyl (C=O) groups excluding carboxylic acids is 4. The number of carbonyl (C=O) groups is 5. The molecule has 0 radical (unpaired) electrons. The highest BCUT2D eigenvalue weighted by Crippen LogP contribution is 2.12. The maximum atomic E-state index is 12.8. The Labute approximate surface area is 289 Å². The summed E-state index contributed by atoms with van der Waals surface area (Å²) in [6, 6.07) is 4.34. The van der Waals surface area contributed by atoms with Crippen LogP contribution < -0.4 is 37.9 Å². The van der Waals surface area contributed by atoms with Crippen LogP contribution in [0.25, 0.3) is 11.2 Å². The molecule has 2 heterocycles. The fourth-order valence-corrected chi connectivity index (χ4v) is 4.66. The Bertz CT molecular complexity index is 1950. The lowest BCUT2D eigenvalue weighted by Gasteiger charge is -2.19. The van der Waals surface area contributed by atoms with Crippen molar-refractivity contribution >= 4 is 75.1 Å². The van der Waals surface area contributed by atoms with Crippen molar-refractivity contribution in [2.24, 2.45) is 0 Å². The number of amides is 4. The predicted octanol–water partition coefficient (Wildman–Crippen LogP) is -1.34. The summed E-state index contributed by atoms with van der Waals surface area (Å²) in [4.78, 5) is 88.4. The number of nitrogen functional groups attached to an aromatic ring is 1. The minimum atomic E-state index is -4.37. The number of aromatic nitrogens is 4. The molecular formula is C28H34N10O10S2. The van der Waals surface area contributed by atoms with Crippen LogP contribution in [0.3, 0.4) is 0 Å². The molecule has 20 nitrogen and oxygen atoms in total. The van der Waals surface area contributed by atoms with Gasteiger partial charge >= 0.3 is 5.97 Å². The average molecular weight is 735 g/mol. The molecule has 50 heavy (non-hydrogen) atoms. The highest BCUT2D eigenvalue weighted by Gasteiger charge is 2.26. The molecule has 2 atom stereocenters. The van der Waals surface area contributed by atoms with Crippen LogP contribution in [-0.2, 0) is 35.8 Å². The van der Waals surface area contributed by atoms with Crippen molar-refractivity contribution in [1.82, 2.24) is 41.2 Å². The van der Waals surface area contributed by atoms with E-state index in [0.29, 0.717) is 16.9 Å². The number of H-pyrrole nitrogens is 1. The largest absolute Gasteiger partial charge is 0.477 e. The fourth-order valence-electron chi connectivity index (χ4n) is 4.13. The van der Waals surface area contributed by atoms with Gasteiger partial charge in [0.2, 0.25) is 23.7 Å². The number of anilines is 2. The van der Waals surface area contributed by atoms with E-state index >= 15 is 0 Å². The number of aliphatic carboxylic acids is 1. The van der Waals surface area contributed by atoms with Crippen molar-refractivity contribution < 1.29 is 42.0 Å². The highest BCUT2D eigenvalue weighted by atomic mass is 32.2. The Morgan fingerprint density at radius 1 is 1.08 bits per heavy atom. The quantitative estimate of drug-likeness (QED) is 0.0436. The van der Waals surface area contributed by atoms with Gasteiger partial charge in [0.1, 0.15) is 11.7 Å². The molecule has 0 spiro atoms. The van der Waals surface area contributed by atoms with E-state index in [2.05, 4.69) is 53.8 Å². The number of hydrogen-bond donors (Lipinski definition) is 10. The summed E-state index contributed by atoms with van der Waals surface area (Å²) in [6.45, 7) is 1.38. The molecule has 0 bridgehead atoms. The number of thiol groups is 1. The minimum Gasteiger partial charge on any atom is -0.477 e. The number of nitrogens with one attached hydrogen (secondary N) is 6. The van der Waals surface area contributed by atoms with Crippen LogP contribution in [-0.4, -0.2) is 92.0 Å². The van der Waals surface area contributed by atoms with Crippen molar-refractivity contribution in [3.8, 4) is 0 Å². The summed E-state index contributed by atoms with van der Waals surface area (Å²) < 4.78 is 30.6. The maximum Gasteiger partial charge on any atom is 0.352 e. The molecule has 4 amide bonds. The molecule has 0 aliphatic rings. The zero-order valence-corrected chi connectivity index (χ0v) is 28.0. The van der Waals surface area contributed by atoms with Crippen molar-refractivity contribution in [1.29, 1.82) is 0 Å². The van der Waals surface area contributed by atoms with E-state index in [0.717, 1.165) is 5.41 Å². The normalized spacial score (nSPS) is 12.7. The summed E-state index contributed by atoms with van der Waals surface area (Å²) in [5.41, 5.74) is 5.93. The second-order valence-electron chi connectivity index (χ2n) is 10.6. The van der Waals surface area contributed by atoms with E-state index < -0.39 is 81.8 Å². The molecule has 10 N–H and O–H groups in total. The highest BCUT2D eigenvalue weighted by molar-refractivity contribution is 7.85. The number of benzene rings is 1. The third-order valence-electron chi connectivity index (χ3n) is 6.63. The molecule has 268 valence electrons. The van der Waals surface area contributed by atoms with Gasteiger partial charge in [0.15, 0.2) is 11.2 Å². The number of rotatable bonds is 17. The third kappa shape index (κ3) is 12.4. The van der Waals surface area contributed by atoms with Gasteiger partial charge in [-0.1, -0.05) is 0 Å². The predicted molar refractivity (Wildman–Crippen MR) is 181 cm³/mol. The van der Waals surface area contributed by atoms with E-state index in [1.165, 1.54) is 6.20 Å². The fraction of sp³-hybridized carbons (Fsp3) is 0.321. The SMILES string of the molecule is C[C@H](CCC(=O)N[C@@H](CC(=O)NCCS(=O)(=O)O)C(=O)N/C(=C/S)C(=O)O)NC(=O)c1ccc(NCc2cnc3nc(N)[nH]c(=O)c3n2)cc1. The van der Waals surface area contributed by atoms with Crippen LogP contribution in [0.5, 0.6) is 0 Å². The van der Waals surface area contributed by atoms with E-state index in [1.54, 1.807) is 31.2 Å². The van der Waals surface area contributed by atoms with Crippen LogP contribution in [0.2, 0.25) is 0 Å². The van der Waals surface area contributed by atoms with Gasteiger partial charge < -0.3 is 37.4 Å². The van der Waals surface area contributed by atoms with Crippen molar-refractivity contribution in [3.05, 3.63) is 63.2 Å². The molecule has 0 aliphatic heterocycles. The zero-order chi connectivity index (χ0) is 37.0. The lowest BCUT2D eigenvalue weighted by Crippen LogP contribution is -2.49. The van der Waals surface area contributed by atoms with Gasteiger partial charge in [-0.15, -0.1) is 12.6 Å². The first-order valence-electron chi connectivity index (χ1n) is 14.6. The number of carboxylic acid groups (broad SMARTS) is 1. The first-order valence-corrected chi connectivity index (χ1v) is 16.7. The number of carboxylic acids is 1. The second kappa shape index (κ2) is 17.7. The average Bonchev–Trinajstić information content (AvgIpc) is 3.04. The third-order valence-corrected chi connectivity index (χ3v) is 7.61. The Morgan fingerprint density at radius 3 is 2.42 bits per heavy atom. The van der Waals surface area contributed by atoms with Crippen LogP contribution in [0.4, 0.5) is 11.6 Å². The number of fused-ring (bicyclic) bond motifs is 1.